The fourth-order valence-corrected chi connectivity index (χ4v) is 2.83. The SMILES string of the molecule is C/C=C\[I-][C@H]1C=CC=CC1. The van der Waals surface area contributed by atoms with E-state index >= 15 is 0 Å². The first-order valence-electron chi connectivity index (χ1n) is 3.50. The van der Waals surface area contributed by atoms with Gasteiger partial charge in [0.2, 0.25) is 0 Å². The Morgan fingerprint density at radius 1 is 1.50 bits per heavy atom. The van der Waals surface area contributed by atoms with E-state index in [4.69, 9.17) is 0 Å². The molecule has 0 N–H and O–H groups in total. The predicted molar refractivity (Wildman–Crippen MR) is 41.5 cm³/mol. The van der Waals surface area contributed by atoms with Gasteiger partial charge in [-0.3, -0.25) is 0 Å². The number of halogens is 1. The van der Waals surface area contributed by atoms with E-state index in [1.807, 2.05) is 0 Å². The Bertz CT molecular complexity index is 166. The summed E-state index contributed by atoms with van der Waals surface area (Å²) in [4.78, 5) is 0. The van der Waals surface area contributed by atoms with E-state index in [0.29, 0.717) is 0 Å². The van der Waals surface area contributed by atoms with E-state index in [0.717, 1.165) is 3.92 Å². The summed E-state index contributed by atoms with van der Waals surface area (Å²) in [6.07, 6.45) is 12.3. The molecule has 0 saturated carbocycles. The minimum atomic E-state index is 0.285. The van der Waals surface area contributed by atoms with Gasteiger partial charge in [0, 0.05) is 0 Å². The van der Waals surface area contributed by atoms with Crippen molar-refractivity contribution in [2.75, 3.05) is 0 Å². The zero-order valence-electron chi connectivity index (χ0n) is 6.13. The average molecular weight is 247 g/mol. The van der Waals surface area contributed by atoms with Crippen molar-refractivity contribution < 1.29 is 21.2 Å². The molecule has 0 amide bonds. The van der Waals surface area contributed by atoms with E-state index in [9.17, 15) is 0 Å². The van der Waals surface area contributed by atoms with Crippen LogP contribution in [0, 0.1) is 0 Å². The molecule has 1 aliphatic carbocycles. The molecule has 1 rings (SSSR count). The van der Waals surface area contributed by atoms with Gasteiger partial charge in [-0.15, -0.1) is 0 Å². The Hall–Kier alpha value is -0.0500. The quantitative estimate of drug-likeness (QED) is 0.455. The van der Waals surface area contributed by atoms with Crippen molar-refractivity contribution >= 4 is 0 Å². The van der Waals surface area contributed by atoms with Crippen LogP contribution in [-0.2, 0) is 0 Å². The van der Waals surface area contributed by atoms with Crippen LogP contribution >= 0.6 is 0 Å². The van der Waals surface area contributed by atoms with Gasteiger partial charge in [0.05, 0.1) is 0 Å². The van der Waals surface area contributed by atoms with Crippen molar-refractivity contribution in [3.63, 3.8) is 0 Å². The van der Waals surface area contributed by atoms with Crippen molar-refractivity contribution in [3.05, 3.63) is 34.5 Å². The molecule has 0 radical (unpaired) electrons. The Balaban J connectivity index is 2.30. The summed E-state index contributed by atoms with van der Waals surface area (Å²) < 4.78 is 3.20. The van der Waals surface area contributed by atoms with Crippen LogP contribution in [0.2, 0.25) is 0 Å². The molecule has 10 heavy (non-hydrogen) atoms. The monoisotopic (exact) mass is 247 g/mol. The Kier molecular flexibility index (Phi) is 3.80. The second kappa shape index (κ2) is 4.72. The van der Waals surface area contributed by atoms with E-state index in [-0.39, 0.29) is 21.2 Å². The number of rotatable bonds is 2. The standard InChI is InChI=1S/C9H12I/c1-2-8-10-9-6-4-3-5-7-9/h2-6,8-9H,7H2,1H3/q-1/b8-2-/t9-/m0/s1. The number of alkyl halides is 1. The maximum absolute atomic E-state index is 2.34. The summed E-state index contributed by atoms with van der Waals surface area (Å²) in [5, 5.41) is 0. The fourth-order valence-electron chi connectivity index (χ4n) is 0.810. The first kappa shape index (κ1) is 8.05. The third-order valence-corrected chi connectivity index (χ3v) is 4.27. The zero-order valence-corrected chi connectivity index (χ0v) is 8.28. The van der Waals surface area contributed by atoms with Gasteiger partial charge in [-0.1, -0.05) is 0 Å². The first-order chi connectivity index (χ1) is 4.93. The molecule has 0 nitrogen and oxygen atoms in total. The summed E-state index contributed by atoms with van der Waals surface area (Å²) in [6, 6.07) is 0. The molecule has 1 heteroatoms. The molecule has 0 aromatic carbocycles. The van der Waals surface area contributed by atoms with Crippen molar-refractivity contribution in [3.8, 4) is 0 Å². The normalized spacial score (nSPS) is 24.7. The summed E-state index contributed by atoms with van der Waals surface area (Å²) in [7, 11) is 0. The molecular formula is C9H12I-. The molecule has 56 valence electrons. The minimum absolute atomic E-state index is 0.285. The van der Waals surface area contributed by atoms with Crippen LogP contribution in [0.4, 0.5) is 0 Å². The average Bonchev–Trinajstić information content (AvgIpc) is 2.03. The molecule has 0 unspecified atom stereocenters. The van der Waals surface area contributed by atoms with Crippen LogP contribution < -0.4 is 21.2 Å². The Labute approximate surface area is 73.0 Å². The molecule has 0 bridgehead atoms. The number of hydrogen-bond acceptors (Lipinski definition) is 0. The summed E-state index contributed by atoms with van der Waals surface area (Å²) in [5.74, 6) is 0. The first-order valence-corrected chi connectivity index (χ1v) is 5.99. The van der Waals surface area contributed by atoms with Crippen molar-refractivity contribution in [2.24, 2.45) is 0 Å². The van der Waals surface area contributed by atoms with Gasteiger partial charge in [0.25, 0.3) is 0 Å². The van der Waals surface area contributed by atoms with Gasteiger partial charge in [-0.2, -0.15) is 0 Å². The third-order valence-electron chi connectivity index (χ3n) is 1.29. The van der Waals surface area contributed by atoms with Gasteiger partial charge in [-0.25, -0.2) is 0 Å². The molecule has 0 aromatic heterocycles. The topological polar surface area (TPSA) is 0 Å². The molecule has 0 aromatic rings. The summed E-state index contributed by atoms with van der Waals surface area (Å²) in [5.41, 5.74) is 0. The number of allylic oxidation sites excluding steroid dienone is 5. The van der Waals surface area contributed by atoms with Crippen LogP contribution in [-0.4, -0.2) is 3.92 Å². The van der Waals surface area contributed by atoms with Crippen LogP contribution in [0.25, 0.3) is 0 Å². The van der Waals surface area contributed by atoms with E-state index < -0.39 is 0 Å². The Morgan fingerprint density at radius 2 is 2.40 bits per heavy atom. The van der Waals surface area contributed by atoms with Crippen molar-refractivity contribution in [2.45, 2.75) is 17.3 Å². The van der Waals surface area contributed by atoms with Crippen molar-refractivity contribution in [1.82, 2.24) is 0 Å². The van der Waals surface area contributed by atoms with Gasteiger partial charge < -0.3 is 0 Å². The third kappa shape index (κ3) is 2.69. The molecule has 0 heterocycles. The Morgan fingerprint density at radius 3 is 3.00 bits per heavy atom. The second-order valence-corrected chi connectivity index (χ2v) is 5.19. The van der Waals surface area contributed by atoms with Crippen molar-refractivity contribution in [1.29, 1.82) is 0 Å². The van der Waals surface area contributed by atoms with E-state index in [1.54, 1.807) is 0 Å². The van der Waals surface area contributed by atoms with Crippen LogP contribution in [0.5, 0.6) is 0 Å². The van der Waals surface area contributed by atoms with Gasteiger partial charge in [0.1, 0.15) is 0 Å². The molecule has 0 saturated heterocycles. The van der Waals surface area contributed by atoms with E-state index in [1.165, 1.54) is 6.42 Å². The van der Waals surface area contributed by atoms with Crippen LogP contribution in [0.1, 0.15) is 13.3 Å². The molecule has 1 aliphatic rings. The summed E-state index contributed by atoms with van der Waals surface area (Å²) in [6.45, 7) is 2.10. The number of hydrogen-bond donors (Lipinski definition) is 0. The zero-order chi connectivity index (χ0) is 7.23. The van der Waals surface area contributed by atoms with Gasteiger partial charge >= 0.3 is 72.9 Å². The second-order valence-electron chi connectivity index (χ2n) is 2.15. The van der Waals surface area contributed by atoms with Crippen LogP contribution in [0.3, 0.4) is 0 Å². The molecular weight excluding hydrogens is 235 g/mol. The van der Waals surface area contributed by atoms with Gasteiger partial charge in [0.15, 0.2) is 0 Å². The maximum atomic E-state index is 2.34. The molecule has 0 aliphatic heterocycles. The van der Waals surface area contributed by atoms with Crippen LogP contribution in [0.15, 0.2) is 34.5 Å². The molecule has 1 atom stereocenters. The molecule has 0 spiro atoms. The van der Waals surface area contributed by atoms with E-state index in [2.05, 4.69) is 41.4 Å². The molecule has 0 fully saturated rings. The van der Waals surface area contributed by atoms with Gasteiger partial charge in [-0.05, 0) is 0 Å². The summed E-state index contributed by atoms with van der Waals surface area (Å²) >= 11 is 0.285. The fraction of sp³-hybridized carbons (Fsp3) is 0.333. The predicted octanol–water partition coefficient (Wildman–Crippen LogP) is -0.506.